The molecule has 2 aliphatic heterocycles. The lowest BCUT2D eigenvalue weighted by Crippen LogP contribution is -2.44. The first-order chi connectivity index (χ1) is 24.7. The SMILES string of the molecule is CC(C)OC(=O)[C@H](C)N[P@](=O)(C[C@H]1O[C@@H](n2ccc(=O)[nH]c2=O)[C@](C)(F)[C@@H]1O)Oc1ccccc1.C[C@@]1(F)[C@H](O)[C@@H](CO)O[C@H]1n1ccc(=O)[nH]c1=O. The number of aromatic amines is 2. The van der Waals surface area contributed by atoms with Crippen molar-refractivity contribution in [3.8, 4) is 5.75 Å². The molecule has 18 nitrogen and oxygen atoms in total. The Hall–Kier alpha value is -4.30. The third-order valence-electron chi connectivity index (χ3n) is 8.33. The molecule has 2 fully saturated rings. The second kappa shape index (κ2) is 16.4. The highest BCUT2D eigenvalue weighted by atomic mass is 31.2. The normalized spacial score (nSPS) is 29.9. The minimum atomic E-state index is -4.02. The molecular formula is C32H42F2N5O13P. The lowest BCUT2D eigenvalue weighted by Gasteiger charge is -2.27. The zero-order valence-corrected chi connectivity index (χ0v) is 30.1. The molecule has 0 amide bonds. The minimum Gasteiger partial charge on any atom is -0.462 e. The molecule has 0 bridgehead atoms. The van der Waals surface area contributed by atoms with Gasteiger partial charge in [0, 0.05) is 24.5 Å². The van der Waals surface area contributed by atoms with Crippen molar-refractivity contribution in [2.24, 2.45) is 0 Å². The van der Waals surface area contributed by atoms with E-state index in [4.69, 9.17) is 23.8 Å². The molecule has 2 aromatic heterocycles. The molecule has 0 saturated carbocycles. The minimum absolute atomic E-state index is 0.205. The number of H-pyrrole nitrogens is 2. The summed E-state index contributed by atoms with van der Waals surface area (Å²) >= 11 is 0. The van der Waals surface area contributed by atoms with Gasteiger partial charge in [0.2, 0.25) is 0 Å². The smallest absolute Gasteiger partial charge is 0.330 e. The maximum absolute atomic E-state index is 15.6. The lowest BCUT2D eigenvalue weighted by atomic mass is 9.98. The van der Waals surface area contributed by atoms with Gasteiger partial charge in [-0.2, -0.15) is 0 Å². The Kier molecular flexibility index (Phi) is 12.8. The van der Waals surface area contributed by atoms with Crippen LogP contribution in [0.15, 0.2) is 74.0 Å². The van der Waals surface area contributed by atoms with Crippen LogP contribution in [0.3, 0.4) is 0 Å². The number of para-hydroxylation sites is 1. The molecule has 53 heavy (non-hydrogen) atoms. The van der Waals surface area contributed by atoms with Crippen LogP contribution in [0.4, 0.5) is 8.78 Å². The van der Waals surface area contributed by atoms with Gasteiger partial charge in [-0.25, -0.2) is 23.5 Å². The zero-order valence-electron chi connectivity index (χ0n) is 29.3. The largest absolute Gasteiger partial charge is 0.462 e. The molecule has 21 heteroatoms. The van der Waals surface area contributed by atoms with Gasteiger partial charge in [0.05, 0.1) is 18.9 Å². The van der Waals surface area contributed by atoms with Crippen LogP contribution in [0.5, 0.6) is 5.75 Å². The summed E-state index contributed by atoms with van der Waals surface area (Å²) in [6.45, 7) is 6.27. The number of ether oxygens (including phenoxy) is 3. The fourth-order valence-corrected chi connectivity index (χ4v) is 7.79. The number of halogens is 2. The van der Waals surface area contributed by atoms with Gasteiger partial charge in [0.25, 0.3) is 11.1 Å². The number of carbonyl (C=O) groups is 1. The van der Waals surface area contributed by atoms with Crippen LogP contribution < -0.4 is 32.1 Å². The fraction of sp³-hybridized carbons (Fsp3) is 0.531. The summed E-state index contributed by atoms with van der Waals surface area (Å²) in [5.41, 5.74) is -7.83. The lowest BCUT2D eigenvalue weighted by molar-refractivity contribution is -0.149. The Balaban J connectivity index is 0.000000291. The van der Waals surface area contributed by atoms with Crippen LogP contribution in [-0.2, 0) is 23.6 Å². The second-order valence-corrected chi connectivity index (χ2v) is 15.2. The van der Waals surface area contributed by atoms with Crippen LogP contribution in [0.1, 0.15) is 47.1 Å². The quantitative estimate of drug-likeness (QED) is 0.113. The molecular weight excluding hydrogens is 731 g/mol. The standard InChI is InChI=1S/C22H29FN3O8P.C10H13FN2O5/c1-13(2)32-19(29)14(3)25-35(31,34-15-8-6-5-7-9-15)12-16-18(28)22(4,23)20(33-16)26-11-10-17(27)24-21(26)30;1-10(11)7(16)5(4-14)18-8(10)13-3-2-6(15)12-9(13)17/h5-11,13-14,16,18,20,28H,12H2,1-4H3,(H,25,31)(H,24,27,30);2-3,5,7-8,14,16H,4H2,1H3,(H,12,15,17)/t14-,16+,18+,20+,22+,35-;5-,7-,8-,10-/m01/s1. The van der Waals surface area contributed by atoms with E-state index in [9.17, 15) is 43.1 Å². The average molecular weight is 774 g/mol. The first kappa shape index (κ1) is 41.5. The molecule has 292 valence electrons. The van der Waals surface area contributed by atoms with E-state index in [1.54, 1.807) is 44.2 Å². The van der Waals surface area contributed by atoms with Crippen LogP contribution in [0, 0.1) is 0 Å². The van der Waals surface area contributed by atoms with E-state index < -0.39 is 109 Å². The van der Waals surface area contributed by atoms with Crippen molar-refractivity contribution in [3.63, 3.8) is 0 Å². The first-order valence-corrected chi connectivity index (χ1v) is 18.1. The number of hydrogen-bond donors (Lipinski definition) is 6. The Morgan fingerprint density at radius 1 is 0.887 bits per heavy atom. The highest BCUT2D eigenvalue weighted by Crippen LogP contribution is 2.50. The summed E-state index contributed by atoms with van der Waals surface area (Å²) in [5, 5.41) is 31.9. The molecule has 5 rings (SSSR count). The number of alkyl halides is 2. The molecule has 0 unspecified atom stereocenters. The van der Waals surface area contributed by atoms with E-state index in [-0.39, 0.29) is 5.75 Å². The van der Waals surface area contributed by atoms with Gasteiger partial charge in [-0.05, 0) is 46.8 Å². The van der Waals surface area contributed by atoms with Crippen LogP contribution >= 0.6 is 7.52 Å². The molecule has 2 saturated heterocycles. The Morgan fingerprint density at radius 3 is 1.79 bits per heavy atom. The number of esters is 1. The summed E-state index contributed by atoms with van der Waals surface area (Å²) in [7, 11) is -4.02. The van der Waals surface area contributed by atoms with Gasteiger partial charge in [0.1, 0.15) is 36.2 Å². The Labute approximate surface area is 299 Å². The highest BCUT2D eigenvalue weighted by Gasteiger charge is 2.57. The number of rotatable bonds is 11. The maximum Gasteiger partial charge on any atom is 0.330 e. The molecule has 10 atom stereocenters. The Bertz CT molecular complexity index is 2020. The van der Waals surface area contributed by atoms with Crippen molar-refractivity contribution in [2.45, 2.75) is 95.0 Å². The van der Waals surface area contributed by atoms with Crippen LogP contribution in [0.2, 0.25) is 0 Å². The van der Waals surface area contributed by atoms with Gasteiger partial charge in [0.15, 0.2) is 23.8 Å². The number of nitrogens with one attached hydrogen (secondary N) is 3. The Morgan fingerprint density at radius 2 is 1.36 bits per heavy atom. The molecule has 3 aromatic rings. The number of aliphatic hydroxyl groups is 3. The fourth-order valence-electron chi connectivity index (χ4n) is 5.64. The maximum atomic E-state index is 15.6. The molecule has 6 N–H and O–H groups in total. The number of aromatic nitrogens is 4. The predicted molar refractivity (Wildman–Crippen MR) is 182 cm³/mol. The van der Waals surface area contributed by atoms with Crippen molar-refractivity contribution >= 4 is 13.5 Å². The first-order valence-electron chi connectivity index (χ1n) is 16.3. The second-order valence-electron chi connectivity index (χ2n) is 13.1. The van der Waals surface area contributed by atoms with Crippen LogP contribution in [-0.4, -0.2) is 101 Å². The van der Waals surface area contributed by atoms with Gasteiger partial charge >= 0.3 is 24.9 Å². The van der Waals surface area contributed by atoms with E-state index in [1.807, 2.05) is 9.97 Å². The zero-order chi connectivity index (χ0) is 39.5. The summed E-state index contributed by atoms with van der Waals surface area (Å²) in [5.74, 6) is -0.477. The molecule has 1 aromatic carbocycles. The number of nitrogens with zero attached hydrogens (tertiary/aromatic N) is 2. The molecule has 0 radical (unpaired) electrons. The van der Waals surface area contributed by atoms with Crippen molar-refractivity contribution in [2.75, 3.05) is 12.8 Å². The third kappa shape index (κ3) is 9.45. The van der Waals surface area contributed by atoms with E-state index in [1.165, 1.54) is 6.92 Å². The van der Waals surface area contributed by atoms with Crippen molar-refractivity contribution < 1.29 is 52.2 Å². The van der Waals surface area contributed by atoms with Gasteiger partial charge < -0.3 is 34.1 Å². The molecule has 0 aliphatic carbocycles. The monoisotopic (exact) mass is 773 g/mol. The van der Waals surface area contributed by atoms with Crippen molar-refractivity contribution in [1.82, 2.24) is 24.2 Å². The molecule has 2 aliphatic rings. The van der Waals surface area contributed by atoms with Gasteiger partial charge in [-0.3, -0.25) is 38.1 Å². The van der Waals surface area contributed by atoms with Crippen LogP contribution in [0.25, 0.3) is 0 Å². The summed E-state index contributed by atoms with van der Waals surface area (Å²) in [6.07, 6.45) is -7.77. The summed E-state index contributed by atoms with van der Waals surface area (Å²) in [6, 6.07) is 9.08. The van der Waals surface area contributed by atoms with Crippen molar-refractivity contribution in [1.29, 1.82) is 0 Å². The number of carbonyl (C=O) groups excluding carboxylic acids is 1. The van der Waals surface area contributed by atoms with E-state index in [2.05, 4.69) is 5.09 Å². The summed E-state index contributed by atoms with van der Waals surface area (Å²) < 4.78 is 67.0. The van der Waals surface area contributed by atoms with E-state index in [0.29, 0.717) is 0 Å². The number of benzene rings is 1. The van der Waals surface area contributed by atoms with Crippen molar-refractivity contribution in [3.05, 3.63) is 96.5 Å². The van der Waals surface area contributed by atoms with Gasteiger partial charge in [-0.15, -0.1) is 0 Å². The predicted octanol–water partition coefficient (Wildman–Crippen LogP) is 0.240. The van der Waals surface area contributed by atoms with E-state index in [0.717, 1.165) is 47.5 Å². The highest BCUT2D eigenvalue weighted by molar-refractivity contribution is 7.57. The summed E-state index contributed by atoms with van der Waals surface area (Å²) in [4.78, 5) is 62.3. The average Bonchev–Trinajstić information content (AvgIpc) is 3.43. The third-order valence-corrected chi connectivity index (χ3v) is 10.5. The molecule has 4 heterocycles. The van der Waals surface area contributed by atoms with Gasteiger partial charge in [-0.1, -0.05) is 18.2 Å². The number of hydrogen-bond acceptors (Lipinski definition) is 13. The van der Waals surface area contributed by atoms with E-state index >= 15 is 4.39 Å². The number of aliphatic hydroxyl groups excluding tert-OH is 3. The molecule has 0 spiro atoms. The topological polar surface area (TPSA) is 253 Å².